The van der Waals surface area contributed by atoms with Crippen LogP contribution in [0.3, 0.4) is 0 Å². The summed E-state index contributed by atoms with van der Waals surface area (Å²) in [5.74, 6) is 1.46. The van der Waals surface area contributed by atoms with Gasteiger partial charge in [0.25, 0.3) is 10.0 Å². The molecule has 1 fully saturated rings. The topological polar surface area (TPSA) is 66.1 Å². The number of imidazole rings is 1. The molecule has 96 valence electrons. The van der Waals surface area contributed by atoms with E-state index in [1.807, 2.05) is 0 Å². The molecule has 1 N–H and O–H groups in total. The summed E-state index contributed by atoms with van der Waals surface area (Å²) in [4.78, 5) is 6.76. The van der Waals surface area contributed by atoms with E-state index >= 15 is 0 Å². The molecular formula is C11H19N3O2S. The predicted molar refractivity (Wildman–Crippen MR) is 65.0 cm³/mol. The average molecular weight is 257 g/mol. The second-order valence-electron chi connectivity index (χ2n) is 5.10. The highest BCUT2D eigenvalue weighted by molar-refractivity contribution is 7.89. The Labute approximate surface area is 102 Å². The second kappa shape index (κ2) is 4.42. The number of aryl methyl sites for hydroxylation is 1. The molecule has 2 heterocycles. The summed E-state index contributed by atoms with van der Waals surface area (Å²) >= 11 is 0. The van der Waals surface area contributed by atoms with Gasteiger partial charge in [0, 0.05) is 13.1 Å². The Kier molecular flexibility index (Phi) is 3.27. The lowest BCUT2D eigenvalue weighted by Crippen LogP contribution is -2.42. The third-order valence-corrected chi connectivity index (χ3v) is 4.87. The predicted octanol–water partition coefficient (Wildman–Crippen LogP) is 1.38. The minimum atomic E-state index is -3.39. The molecule has 0 saturated carbocycles. The van der Waals surface area contributed by atoms with Crippen LogP contribution < -0.4 is 0 Å². The van der Waals surface area contributed by atoms with E-state index in [0.717, 1.165) is 6.42 Å². The molecule has 1 saturated heterocycles. The van der Waals surface area contributed by atoms with Crippen LogP contribution in [0.5, 0.6) is 0 Å². The maximum atomic E-state index is 12.3. The van der Waals surface area contributed by atoms with Crippen molar-refractivity contribution in [2.45, 2.75) is 32.2 Å². The highest BCUT2D eigenvalue weighted by Crippen LogP contribution is 2.25. The molecule has 0 aliphatic carbocycles. The first-order valence-corrected chi connectivity index (χ1v) is 7.35. The van der Waals surface area contributed by atoms with Gasteiger partial charge in [0.15, 0.2) is 5.03 Å². The van der Waals surface area contributed by atoms with Crippen LogP contribution in [0, 0.1) is 18.8 Å². The molecular weight excluding hydrogens is 238 g/mol. The van der Waals surface area contributed by atoms with Crippen LogP contribution in [-0.2, 0) is 10.0 Å². The first-order chi connectivity index (χ1) is 7.89. The van der Waals surface area contributed by atoms with Crippen LogP contribution in [0.2, 0.25) is 0 Å². The smallest absolute Gasteiger partial charge is 0.260 e. The molecule has 1 aromatic heterocycles. The molecule has 0 spiro atoms. The number of aromatic nitrogens is 2. The van der Waals surface area contributed by atoms with Crippen molar-refractivity contribution in [2.75, 3.05) is 13.1 Å². The van der Waals surface area contributed by atoms with E-state index < -0.39 is 10.0 Å². The zero-order valence-corrected chi connectivity index (χ0v) is 11.3. The van der Waals surface area contributed by atoms with Gasteiger partial charge in [-0.05, 0) is 25.2 Å². The van der Waals surface area contributed by atoms with Crippen molar-refractivity contribution in [1.29, 1.82) is 0 Å². The molecule has 6 heteroatoms. The normalized spacial score (nSPS) is 27.2. The summed E-state index contributed by atoms with van der Waals surface area (Å²) in [5.41, 5.74) is 0. The van der Waals surface area contributed by atoms with E-state index in [2.05, 4.69) is 23.8 Å². The van der Waals surface area contributed by atoms with Crippen LogP contribution in [0.15, 0.2) is 11.2 Å². The van der Waals surface area contributed by atoms with Gasteiger partial charge in [-0.2, -0.15) is 4.31 Å². The van der Waals surface area contributed by atoms with Crippen molar-refractivity contribution in [1.82, 2.24) is 14.3 Å². The molecule has 0 radical (unpaired) electrons. The van der Waals surface area contributed by atoms with Gasteiger partial charge in [0.1, 0.15) is 5.82 Å². The van der Waals surface area contributed by atoms with Gasteiger partial charge in [-0.25, -0.2) is 13.4 Å². The molecule has 0 bridgehead atoms. The Hall–Kier alpha value is -0.880. The third kappa shape index (κ3) is 2.52. The minimum Gasteiger partial charge on any atom is -0.332 e. The van der Waals surface area contributed by atoms with Crippen LogP contribution >= 0.6 is 0 Å². The number of H-pyrrole nitrogens is 1. The summed E-state index contributed by atoms with van der Waals surface area (Å²) in [6, 6.07) is 0. The van der Waals surface area contributed by atoms with E-state index in [-0.39, 0.29) is 5.03 Å². The van der Waals surface area contributed by atoms with Crippen molar-refractivity contribution in [2.24, 2.45) is 11.8 Å². The van der Waals surface area contributed by atoms with Crippen molar-refractivity contribution in [3.05, 3.63) is 12.0 Å². The molecule has 17 heavy (non-hydrogen) atoms. The monoisotopic (exact) mass is 257 g/mol. The number of sulfonamides is 1. The Morgan fingerprint density at radius 3 is 2.41 bits per heavy atom. The number of rotatable bonds is 2. The highest BCUT2D eigenvalue weighted by atomic mass is 32.2. The van der Waals surface area contributed by atoms with E-state index in [0.29, 0.717) is 30.7 Å². The van der Waals surface area contributed by atoms with Crippen molar-refractivity contribution < 1.29 is 8.42 Å². The summed E-state index contributed by atoms with van der Waals surface area (Å²) in [6.45, 7) is 7.14. The van der Waals surface area contributed by atoms with Crippen LogP contribution in [0.1, 0.15) is 26.1 Å². The standard InChI is InChI=1S/C11H19N3O2S/c1-8-4-9(2)7-14(6-8)17(15,16)11-5-12-10(3)13-11/h5,8-9H,4,6-7H2,1-3H3,(H,12,13). The lowest BCUT2D eigenvalue weighted by atomic mass is 9.94. The van der Waals surface area contributed by atoms with E-state index in [9.17, 15) is 8.42 Å². The lowest BCUT2D eigenvalue weighted by molar-refractivity contribution is 0.222. The Morgan fingerprint density at radius 1 is 1.35 bits per heavy atom. The second-order valence-corrected chi connectivity index (χ2v) is 7.01. The molecule has 5 nitrogen and oxygen atoms in total. The SMILES string of the molecule is Cc1ncc(S(=O)(=O)N2CC(C)CC(C)C2)[nH]1. The summed E-state index contributed by atoms with van der Waals surface area (Å²) < 4.78 is 26.3. The summed E-state index contributed by atoms with van der Waals surface area (Å²) in [6.07, 6.45) is 2.49. The lowest BCUT2D eigenvalue weighted by Gasteiger charge is -2.33. The Bertz CT molecular complexity index is 485. The van der Waals surface area contributed by atoms with E-state index in [1.165, 1.54) is 6.20 Å². The largest absolute Gasteiger partial charge is 0.332 e. The molecule has 1 aliphatic rings. The van der Waals surface area contributed by atoms with Gasteiger partial charge in [-0.15, -0.1) is 0 Å². The summed E-state index contributed by atoms with van der Waals surface area (Å²) in [5, 5.41) is 0.205. The number of aromatic amines is 1. The maximum Gasteiger partial charge on any atom is 0.260 e. The Balaban J connectivity index is 2.26. The van der Waals surface area contributed by atoms with Gasteiger partial charge in [0.05, 0.1) is 6.20 Å². The minimum absolute atomic E-state index is 0.205. The molecule has 0 amide bonds. The number of nitrogens with one attached hydrogen (secondary N) is 1. The van der Waals surface area contributed by atoms with Crippen LogP contribution in [-0.4, -0.2) is 35.8 Å². The molecule has 1 aliphatic heterocycles. The molecule has 0 aromatic carbocycles. The van der Waals surface area contributed by atoms with Gasteiger partial charge in [0.2, 0.25) is 0 Å². The molecule has 2 atom stereocenters. The quantitative estimate of drug-likeness (QED) is 0.870. The van der Waals surface area contributed by atoms with Crippen LogP contribution in [0.25, 0.3) is 0 Å². The highest BCUT2D eigenvalue weighted by Gasteiger charge is 2.32. The maximum absolute atomic E-state index is 12.3. The van der Waals surface area contributed by atoms with E-state index in [4.69, 9.17) is 0 Å². The number of nitrogens with zero attached hydrogens (tertiary/aromatic N) is 2. The fraction of sp³-hybridized carbons (Fsp3) is 0.727. The average Bonchev–Trinajstić information content (AvgIpc) is 2.64. The number of piperidine rings is 1. The zero-order chi connectivity index (χ0) is 12.6. The van der Waals surface area contributed by atoms with Gasteiger partial charge in [-0.3, -0.25) is 0 Å². The fourth-order valence-corrected chi connectivity index (χ4v) is 4.11. The van der Waals surface area contributed by atoms with E-state index in [1.54, 1.807) is 11.2 Å². The fourth-order valence-electron chi connectivity index (χ4n) is 2.47. The first kappa shape index (κ1) is 12.6. The molecule has 2 rings (SSSR count). The van der Waals surface area contributed by atoms with Crippen molar-refractivity contribution >= 4 is 10.0 Å². The molecule has 1 aromatic rings. The Morgan fingerprint density at radius 2 is 1.94 bits per heavy atom. The zero-order valence-electron chi connectivity index (χ0n) is 10.5. The van der Waals surface area contributed by atoms with Gasteiger partial charge in [-0.1, -0.05) is 13.8 Å². The first-order valence-electron chi connectivity index (χ1n) is 5.91. The van der Waals surface area contributed by atoms with Gasteiger partial charge >= 0.3 is 0 Å². The number of hydrogen-bond acceptors (Lipinski definition) is 3. The third-order valence-electron chi connectivity index (χ3n) is 3.13. The van der Waals surface area contributed by atoms with Crippen LogP contribution in [0.4, 0.5) is 0 Å². The summed E-state index contributed by atoms with van der Waals surface area (Å²) in [7, 11) is -3.39. The molecule has 2 unspecified atom stereocenters. The van der Waals surface area contributed by atoms with Crippen molar-refractivity contribution in [3.63, 3.8) is 0 Å². The van der Waals surface area contributed by atoms with Crippen molar-refractivity contribution in [3.8, 4) is 0 Å². The van der Waals surface area contributed by atoms with Gasteiger partial charge < -0.3 is 4.98 Å². The number of hydrogen-bond donors (Lipinski definition) is 1.